The van der Waals surface area contributed by atoms with E-state index in [0.29, 0.717) is 22.9 Å². The fourth-order valence-corrected chi connectivity index (χ4v) is 1.90. The minimum atomic E-state index is -4.37. The van der Waals surface area contributed by atoms with Gasteiger partial charge in [-0.15, -0.1) is 0 Å². The van der Waals surface area contributed by atoms with Crippen LogP contribution in [0, 0.1) is 0 Å². The lowest BCUT2D eigenvalue weighted by Gasteiger charge is -2.06. The Hall–Kier alpha value is -1.98. The summed E-state index contributed by atoms with van der Waals surface area (Å²) in [7, 11) is 1.28. The van der Waals surface area contributed by atoms with E-state index in [1.807, 2.05) is 0 Å². The minimum absolute atomic E-state index is 0.139. The van der Waals surface area contributed by atoms with Gasteiger partial charge in [-0.25, -0.2) is 0 Å². The lowest BCUT2D eigenvalue weighted by atomic mass is 10.1. The topological polar surface area (TPSA) is 42.1 Å². The van der Waals surface area contributed by atoms with Gasteiger partial charge >= 0.3 is 12.1 Å². The number of aryl methyl sites for hydroxylation is 1. The van der Waals surface area contributed by atoms with Crippen molar-refractivity contribution in [1.29, 1.82) is 0 Å². The molecule has 1 N–H and O–H groups in total. The van der Waals surface area contributed by atoms with E-state index in [-0.39, 0.29) is 12.4 Å². The van der Waals surface area contributed by atoms with Crippen molar-refractivity contribution in [3.05, 3.63) is 35.5 Å². The van der Waals surface area contributed by atoms with Gasteiger partial charge in [0.15, 0.2) is 0 Å². The summed E-state index contributed by atoms with van der Waals surface area (Å²) >= 11 is 0. The molecule has 0 amide bonds. The Morgan fingerprint density at radius 1 is 1.37 bits per heavy atom. The summed E-state index contributed by atoms with van der Waals surface area (Å²) < 4.78 is 42.4. The number of nitrogens with one attached hydrogen (secondary N) is 1. The highest BCUT2D eigenvalue weighted by Crippen LogP contribution is 2.32. The van der Waals surface area contributed by atoms with Crippen LogP contribution in [0.5, 0.6) is 0 Å². The normalized spacial score (nSPS) is 11.8. The number of ether oxygens (including phenoxy) is 1. The molecule has 1 aromatic carbocycles. The lowest BCUT2D eigenvalue weighted by molar-refractivity contribution is -0.140. The molecule has 3 nitrogen and oxygen atoms in total. The summed E-state index contributed by atoms with van der Waals surface area (Å²) in [4.78, 5) is 13.9. The van der Waals surface area contributed by atoms with E-state index >= 15 is 0 Å². The number of rotatable bonds is 3. The van der Waals surface area contributed by atoms with Crippen LogP contribution in [-0.4, -0.2) is 18.1 Å². The number of esters is 1. The zero-order valence-corrected chi connectivity index (χ0v) is 10.2. The maximum atomic E-state index is 12.6. The van der Waals surface area contributed by atoms with Crippen molar-refractivity contribution in [2.75, 3.05) is 7.11 Å². The largest absolute Gasteiger partial charge is 0.469 e. The number of carbonyl (C=O) groups is 1. The smallest absolute Gasteiger partial charge is 0.416 e. The van der Waals surface area contributed by atoms with Crippen molar-refractivity contribution in [3.63, 3.8) is 0 Å². The first-order valence-corrected chi connectivity index (χ1v) is 5.66. The average molecular weight is 271 g/mol. The van der Waals surface area contributed by atoms with Crippen LogP contribution >= 0.6 is 0 Å². The third-order valence-corrected chi connectivity index (χ3v) is 2.92. The van der Waals surface area contributed by atoms with Crippen LogP contribution in [0.25, 0.3) is 10.9 Å². The highest BCUT2D eigenvalue weighted by atomic mass is 19.4. The fraction of sp³-hybridized carbons (Fsp3) is 0.308. The van der Waals surface area contributed by atoms with Crippen LogP contribution in [0.3, 0.4) is 0 Å². The van der Waals surface area contributed by atoms with Crippen molar-refractivity contribution in [3.8, 4) is 0 Å². The Bertz CT molecular complexity index is 601. The summed E-state index contributed by atoms with van der Waals surface area (Å²) in [6, 6.07) is 3.52. The van der Waals surface area contributed by atoms with Crippen molar-refractivity contribution in [1.82, 2.24) is 4.98 Å². The maximum absolute atomic E-state index is 12.6. The van der Waals surface area contributed by atoms with Gasteiger partial charge in [-0.05, 0) is 30.2 Å². The monoisotopic (exact) mass is 271 g/mol. The number of H-pyrrole nitrogens is 1. The molecule has 6 heteroatoms. The van der Waals surface area contributed by atoms with Gasteiger partial charge in [0.1, 0.15) is 0 Å². The predicted molar refractivity (Wildman–Crippen MR) is 63.6 cm³/mol. The van der Waals surface area contributed by atoms with Gasteiger partial charge in [-0.1, -0.05) is 0 Å². The maximum Gasteiger partial charge on any atom is 0.416 e. The molecule has 0 saturated heterocycles. The third kappa shape index (κ3) is 2.89. The van der Waals surface area contributed by atoms with Gasteiger partial charge in [0, 0.05) is 23.5 Å². The molecule has 0 aliphatic rings. The number of aromatic amines is 1. The molecule has 0 bridgehead atoms. The van der Waals surface area contributed by atoms with Crippen LogP contribution in [0.1, 0.15) is 17.5 Å². The number of benzene rings is 1. The molecule has 2 rings (SSSR count). The number of methoxy groups -OCH3 is 1. The highest BCUT2D eigenvalue weighted by Gasteiger charge is 2.30. The summed E-state index contributed by atoms with van der Waals surface area (Å²) in [5.74, 6) is -0.388. The van der Waals surface area contributed by atoms with Crippen molar-refractivity contribution >= 4 is 16.9 Å². The molecule has 0 saturated carbocycles. The Kier molecular flexibility index (Phi) is 3.50. The van der Waals surface area contributed by atoms with Crippen LogP contribution in [0.15, 0.2) is 24.4 Å². The summed E-state index contributed by atoms with van der Waals surface area (Å²) in [5.41, 5.74) is 0.596. The fourth-order valence-electron chi connectivity index (χ4n) is 1.90. The van der Waals surface area contributed by atoms with Crippen molar-refractivity contribution < 1.29 is 22.7 Å². The Morgan fingerprint density at radius 3 is 2.74 bits per heavy atom. The second-order valence-corrected chi connectivity index (χ2v) is 4.15. The molecular weight excluding hydrogens is 259 g/mol. The molecule has 0 fully saturated rings. The molecule has 1 aromatic heterocycles. The molecule has 102 valence electrons. The second kappa shape index (κ2) is 4.95. The van der Waals surface area contributed by atoms with Gasteiger partial charge < -0.3 is 9.72 Å². The minimum Gasteiger partial charge on any atom is -0.469 e. The molecule has 0 atom stereocenters. The van der Waals surface area contributed by atoms with Crippen LogP contribution in [-0.2, 0) is 22.1 Å². The second-order valence-electron chi connectivity index (χ2n) is 4.15. The van der Waals surface area contributed by atoms with E-state index in [9.17, 15) is 18.0 Å². The number of alkyl halides is 3. The molecule has 0 radical (unpaired) electrons. The zero-order chi connectivity index (χ0) is 14.0. The number of halogens is 3. The average Bonchev–Trinajstić information content (AvgIpc) is 2.77. The quantitative estimate of drug-likeness (QED) is 0.870. The number of hydrogen-bond donors (Lipinski definition) is 1. The number of aromatic nitrogens is 1. The number of hydrogen-bond acceptors (Lipinski definition) is 2. The standard InChI is InChI=1S/C13H12F3NO2/c1-19-12(18)5-2-8-7-17-11-4-3-9(6-10(8)11)13(14,15)16/h3-4,6-7,17H,2,5H2,1H3. The molecule has 0 aliphatic carbocycles. The predicted octanol–water partition coefficient (Wildman–Crippen LogP) is 3.29. The van der Waals surface area contributed by atoms with E-state index in [2.05, 4.69) is 9.72 Å². The number of fused-ring (bicyclic) bond motifs is 1. The molecular formula is C13H12F3NO2. The van der Waals surface area contributed by atoms with E-state index in [0.717, 1.165) is 12.1 Å². The van der Waals surface area contributed by atoms with E-state index in [1.165, 1.54) is 13.2 Å². The first-order chi connectivity index (χ1) is 8.91. The van der Waals surface area contributed by atoms with Gasteiger partial charge in [-0.2, -0.15) is 13.2 Å². The van der Waals surface area contributed by atoms with Gasteiger partial charge in [0.2, 0.25) is 0 Å². The Morgan fingerprint density at radius 2 is 2.11 bits per heavy atom. The highest BCUT2D eigenvalue weighted by molar-refractivity contribution is 5.84. The van der Waals surface area contributed by atoms with Crippen molar-refractivity contribution in [2.24, 2.45) is 0 Å². The summed E-state index contributed by atoms with van der Waals surface area (Å²) in [6.45, 7) is 0. The first kappa shape index (κ1) is 13.5. The van der Waals surface area contributed by atoms with E-state index in [4.69, 9.17) is 0 Å². The third-order valence-electron chi connectivity index (χ3n) is 2.92. The summed E-state index contributed by atoms with van der Waals surface area (Å²) in [6.07, 6.45) is -2.27. The van der Waals surface area contributed by atoms with Gasteiger partial charge in [0.05, 0.1) is 12.7 Å². The Labute approximate surface area is 107 Å². The molecule has 19 heavy (non-hydrogen) atoms. The number of carbonyl (C=O) groups excluding carboxylic acids is 1. The molecule has 0 aliphatic heterocycles. The van der Waals surface area contributed by atoms with E-state index in [1.54, 1.807) is 6.20 Å². The molecule has 0 unspecified atom stereocenters. The van der Waals surface area contributed by atoms with Crippen LogP contribution in [0.2, 0.25) is 0 Å². The SMILES string of the molecule is COC(=O)CCc1c[nH]c2ccc(C(F)(F)F)cc12. The van der Waals surface area contributed by atoms with Crippen LogP contribution in [0.4, 0.5) is 13.2 Å². The molecule has 2 aromatic rings. The first-order valence-electron chi connectivity index (χ1n) is 5.66. The summed E-state index contributed by atoms with van der Waals surface area (Å²) in [5, 5.41) is 0.485. The van der Waals surface area contributed by atoms with Gasteiger partial charge in [-0.3, -0.25) is 4.79 Å². The molecule has 1 heterocycles. The zero-order valence-electron chi connectivity index (χ0n) is 10.2. The van der Waals surface area contributed by atoms with E-state index < -0.39 is 11.7 Å². The van der Waals surface area contributed by atoms with Crippen LogP contribution < -0.4 is 0 Å². The Balaban J connectivity index is 2.32. The lowest BCUT2D eigenvalue weighted by Crippen LogP contribution is -2.04. The van der Waals surface area contributed by atoms with Gasteiger partial charge in [0.25, 0.3) is 0 Å². The van der Waals surface area contributed by atoms with Crippen molar-refractivity contribution in [2.45, 2.75) is 19.0 Å². The molecule has 0 spiro atoms.